The van der Waals surface area contributed by atoms with Crippen molar-refractivity contribution in [3.05, 3.63) is 0 Å². The highest BCUT2D eigenvalue weighted by Gasteiger charge is 2.45. The second kappa shape index (κ2) is 7.01. The smallest absolute Gasteiger partial charge is 0.264 e. The largest absolute Gasteiger partial charge is 0.343 e. The summed E-state index contributed by atoms with van der Waals surface area (Å²) in [6.45, 7) is 8.73. The molecule has 2 heterocycles. The van der Waals surface area contributed by atoms with Crippen LogP contribution in [0.25, 0.3) is 0 Å². The van der Waals surface area contributed by atoms with Gasteiger partial charge in [0.1, 0.15) is 0 Å². The Hall–Kier alpha value is -0.750. The minimum Gasteiger partial charge on any atom is -0.343 e. The lowest BCUT2D eigenvalue weighted by atomic mass is 9.91. The first-order chi connectivity index (χ1) is 9.90. The van der Waals surface area contributed by atoms with Crippen molar-refractivity contribution in [1.82, 2.24) is 14.7 Å². The van der Waals surface area contributed by atoms with Crippen LogP contribution in [0.2, 0.25) is 0 Å². The number of hydrogen-bond donors (Lipinski definition) is 0. The summed E-state index contributed by atoms with van der Waals surface area (Å²) >= 11 is 0. The molecule has 0 radical (unpaired) electrons. The Morgan fingerprint density at radius 3 is 2.33 bits per heavy atom. The Kier molecular flexibility index (Phi) is 5.54. The van der Waals surface area contributed by atoms with E-state index in [1.807, 2.05) is 4.90 Å². The van der Waals surface area contributed by atoms with E-state index in [4.69, 9.17) is 0 Å². The minimum atomic E-state index is -2.60. The number of halogens is 2. The van der Waals surface area contributed by atoms with Crippen LogP contribution in [0.3, 0.4) is 0 Å². The van der Waals surface area contributed by atoms with E-state index in [1.165, 1.54) is 0 Å². The van der Waals surface area contributed by atoms with Crippen LogP contribution in [0.1, 0.15) is 20.3 Å². The Balaban J connectivity index is 1.83. The van der Waals surface area contributed by atoms with E-state index < -0.39 is 11.8 Å². The van der Waals surface area contributed by atoms with Crippen molar-refractivity contribution in [2.24, 2.45) is 11.8 Å². The molecule has 0 saturated carbocycles. The van der Waals surface area contributed by atoms with Gasteiger partial charge in [0.15, 0.2) is 0 Å². The molecular weight excluding hydrogens is 276 g/mol. The second-order valence-electron chi connectivity index (χ2n) is 6.82. The first kappa shape index (κ1) is 16.6. The first-order valence-corrected chi connectivity index (χ1v) is 7.92. The maximum atomic E-state index is 14.3. The molecule has 1 atom stereocenters. The first-order valence-electron chi connectivity index (χ1n) is 7.92. The molecule has 2 rings (SSSR count). The van der Waals surface area contributed by atoms with E-state index in [-0.39, 0.29) is 6.54 Å². The van der Waals surface area contributed by atoms with Gasteiger partial charge in [-0.1, -0.05) is 13.8 Å². The summed E-state index contributed by atoms with van der Waals surface area (Å²) in [4.78, 5) is 16.3. The number of rotatable bonds is 5. The standard InChI is InChI=1S/C15H27F2N3O/c1-13(2)9-20-4-3-14(15(16,17)11-20)10-18-5-7-19(12-21)8-6-18/h12-14H,3-11H2,1-2H3. The molecule has 0 spiro atoms. The molecule has 6 heteroatoms. The number of amides is 1. The number of piperazine rings is 1. The number of nitrogens with zero attached hydrogens (tertiary/aromatic N) is 3. The molecule has 21 heavy (non-hydrogen) atoms. The van der Waals surface area contributed by atoms with Crippen molar-refractivity contribution in [2.75, 3.05) is 52.4 Å². The van der Waals surface area contributed by atoms with Gasteiger partial charge in [0.25, 0.3) is 5.92 Å². The molecule has 0 bridgehead atoms. The summed E-state index contributed by atoms with van der Waals surface area (Å²) in [6.07, 6.45) is 1.41. The van der Waals surface area contributed by atoms with Crippen LogP contribution < -0.4 is 0 Å². The van der Waals surface area contributed by atoms with E-state index in [1.54, 1.807) is 4.90 Å². The molecule has 1 unspecified atom stereocenters. The van der Waals surface area contributed by atoms with Gasteiger partial charge in [0, 0.05) is 45.2 Å². The van der Waals surface area contributed by atoms with Crippen LogP contribution >= 0.6 is 0 Å². The van der Waals surface area contributed by atoms with Gasteiger partial charge in [-0.2, -0.15) is 0 Å². The van der Waals surface area contributed by atoms with Gasteiger partial charge in [-0.15, -0.1) is 0 Å². The van der Waals surface area contributed by atoms with Crippen molar-refractivity contribution in [3.8, 4) is 0 Å². The van der Waals surface area contributed by atoms with Gasteiger partial charge in [0.2, 0.25) is 6.41 Å². The quantitative estimate of drug-likeness (QED) is 0.718. The summed E-state index contributed by atoms with van der Waals surface area (Å²) in [6, 6.07) is 0. The average molecular weight is 303 g/mol. The van der Waals surface area contributed by atoms with Crippen LogP contribution in [-0.2, 0) is 4.79 Å². The highest BCUT2D eigenvalue weighted by Crippen LogP contribution is 2.34. The molecule has 2 aliphatic rings. The maximum absolute atomic E-state index is 14.3. The van der Waals surface area contributed by atoms with Crippen LogP contribution in [-0.4, -0.2) is 79.4 Å². The van der Waals surface area contributed by atoms with E-state index in [0.717, 1.165) is 19.5 Å². The average Bonchev–Trinajstić information content (AvgIpc) is 2.41. The second-order valence-corrected chi connectivity index (χ2v) is 6.82. The number of hydrogen-bond acceptors (Lipinski definition) is 3. The molecular formula is C15H27F2N3O. The van der Waals surface area contributed by atoms with Gasteiger partial charge in [-0.3, -0.25) is 14.6 Å². The predicted octanol–water partition coefficient (Wildman–Crippen LogP) is 1.37. The SMILES string of the molecule is CC(C)CN1CCC(CN2CCN(C=O)CC2)C(F)(F)C1. The zero-order valence-electron chi connectivity index (χ0n) is 13.1. The third kappa shape index (κ3) is 4.61. The number of likely N-dealkylation sites (tertiary alicyclic amines) is 1. The molecule has 1 amide bonds. The molecule has 0 aromatic carbocycles. The lowest BCUT2D eigenvalue weighted by Gasteiger charge is -2.42. The molecule has 0 aliphatic carbocycles. The van der Waals surface area contributed by atoms with Crippen LogP contribution in [0.4, 0.5) is 8.78 Å². The van der Waals surface area contributed by atoms with Crippen LogP contribution in [0.5, 0.6) is 0 Å². The van der Waals surface area contributed by atoms with Crippen molar-refractivity contribution in [1.29, 1.82) is 0 Å². The van der Waals surface area contributed by atoms with E-state index in [0.29, 0.717) is 45.1 Å². The van der Waals surface area contributed by atoms with Gasteiger partial charge in [-0.05, 0) is 18.9 Å². The summed E-state index contributed by atoms with van der Waals surface area (Å²) in [5.74, 6) is -2.73. The Morgan fingerprint density at radius 1 is 1.14 bits per heavy atom. The monoisotopic (exact) mass is 303 g/mol. The highest BCUT2D eigenvalue weighted by molar-refractivity contribution is 5.47. The zero-order valence-corrected chi connectivity index (χ0v) is 13.1. The lowest BCUT2D eigenvalue weighted by molar-refractivity contribution is -0.126. The summed E-state index contributed by atoms with van der Waals surface area (Å²) in [5.41, 5.74) is 0. The molecule has 0 aromatic heterocycles. The third-order valence-electron chi connectivity index (χ3n) is 4.48. The van der Waals surface area contributed by atoms with Crippen molar-refractivity contribution >= 4 is 6.41 Å². The molecule has 2 fully saturated rings. The Bertz CT molecular complexity index is 344. The van der Waals surface area contributed by atoms with Gasteiger partial charge < -0.3 is 4.90 Å². The molecule has 0 N–H and O–H groups in total. The zero-order chi connectivity index (χ0) is 15.5. The number of piperidine rings is 1. The Morgan fingerprint density at radius 2 is 1.81 bits per heavy atom. The Labute approximate surface area is 126 Å². The summed E-state index contributed by atoms with van der Waals surface area (Å²) in [7, 11) is 0. The lowest BCUT2D eigenvalue weighted by Crippen LogP contribution is -2.54. The summed E-state index contributed by atoms with van der Waals surface area (Å²) < 4.78 is 28.7. The topological polar surface area (TPSA) is 26.8 Å². The summed E-state index contributed by atoms with van der Waals surface area (Å²) in [5, 5.41) is 0. The molecule has 122 valence electrons. The molecule has 2 saturated heterocycles. The van der Waals surface area contributed by atoms with Crippen LogP contribution in [0, 0.1) is 11.8 Å². The van der Waals surface area contributed by atoms with Gasteiger partial charge in [-0.25, -0.2) is 8.78 Å². The van der Waals surface area contributed by atoms with E-state index >= 15 is 0 Å². The van der Waals surface area contributed by atoms with Crippen LogP contribution in [0.15, 0.2) is 0 Å². The van der Waals surface area contributed by atoms with E-state index in [9.17, 15) is 13.6 Å². The van der Waals surface area contributed by atoms with Crippen molar-refractivity contribution < 1.29 is 13.6 Å². The maximum Gasteiger partial charge on any atom is 0.264 e. The van der Waals surface area contributed by atoms with Gasteiger partial charge >= 0.3 is 0 Å². The fourth-order valence-electron chi connectivity index (χ4n) is 3.32. The third-order valence-corrected chi connectivity index (χ3v) is 4.48. The fourth-order valence-corrected chi connectivity index (χ4v) is 3.32. The minimum absolute atomic E-state index is 0.107. The number of carbonyl (C=O) groups is 1. The molecule has 0 aromatic rings. The predicted molar refractivity (Wildman–Crippen MR) is 78.4 cm³/mol. The number of carbonyl (C=O) groups excluding carboxylic acids is 1. The number of alkyl halides is 2. The van der Waals surface area contributed by atoms with E-state index in [2.05, 4.69) is 18.7 Å². The normalized spacial score (nSPS) is 28.0. The van der Waals surface area contributed by atoms with Gasteiger partial charge in [0.05, 0.1) is 6.54 Å². The molecule has 2 aliphatic heterocycles. The molecule has 4 nitrogen and oxygen atoms in total. The van der Waals surface area contributed by atoms with Crippen molar-refractivity contribution in [2.45, 2.75) is 26.2 Å². The highest BCUT2D eigenvalue weighted by atomic mass is 19.3. The fraction of sp³-hybridized carbons (Fsp3) is 0.933. The van der Waals surface area contributed by atoms with Crippen molar-refractivity contribution in [3.63, 3.8) is 0 Å².